The molecule has 7 nitrogen and oxygen atoms in total. The highest BCUT2D eigenvalue weighted by atomic mass is 35.5. The summed E-state index contributed by atoms with van der Waals surface area (Å²) in [5, 5.41) is 1.21. The van der Waals surface area contributed by atoms with Crippen LogP contribution in [0.25, 0.3) is 4.91 Å². The third-order valence-corrected chi connectivity index (χ3v) is 7.93. The molecule has 0 bridgehead atoms. The Hall–Kier alpha value is -3.17. The zero-order valence-corrected chi connectivity index (χ0v) is 23.0. The highest BCUT2D eigenvalue weighted by Crippen LogP contribution is 2.24. The first-order valence-electron chi connectivity index (χ1n) is 12.1. The van der Waals surface area contributed by atoms with E-state index in [1.165, 1.54) is 18.3 Å². The summed E-state index contributed by atoms with van der Waals surface area (Å²) >= 11 is 12.3. The molecule has 2 aromatic carbocycles. The number of anilines is 1. The van der Waals surface area contributed by atoms with Crippen molar-refractivity contribution in [3.8, 4) is 0 Å². The molecule has 1 fully saturated rings. The minimum atomic E-state index is -3.93. The van der Waals surface area contributed by atoms with Gasteiger partial charge in [0, 0.05) is 60.2 Å². The summed E-state index contributed by atoms with van der Waals surface area (Å²) in [6.07, 6.45) is 5.16. The Morgan fingerprint density at radius 3 is 2.39 bits per heavy atom. The number of sulfonamides is 1. The predicted octanol–water partition coefficient (Wildman–Crippen LogP) is 5.71. The molecular weight excluding hydrogens is 543 g/mol. The van der Waals surface area contributed by atoms with Crippen molar-refractivity contribution in [3.63, 3.8) is 0 Å². The van der Waals surface area contributed by atoms with Crippen LogP contribution in [0, 0.1) is 0 Å². The molecule has 3 aromatic rings. The Morgan fingerprint density at radius 1 is 1.00 bits per heavy atom. The normalized spacial score (nSPS) is 15.1. The summed E-state index contributed by atoms with van der Waals surface area (Å²) in [5.41, 5.74) is 2.18. The third-order valence-electron chi connectivity index (χ3n) is 6.06. The van der Waals surface area contributed by atoms with Gasteiger partial charge < -0.3 is 4.90 Å². The molecule has 38 heavy (non-hydrogen) atoms. The Kier molecular flexibility index (Phi) is 9.22. The van der Waals surface area contributed by atoms with E-state index in [9.17, 15) is 13.2 Å². The first kappa shape index (κ1) is 27.9. The Bertz CT molecular complexity index is 1410. The molecule has 1 aliphatic rings. The van der Waals surface area contributed by atoms with Crippen LogP contribution >= 0.6 is 23.2 Å². The summed E-state index contributed by atoms with van der Waals surface area (Å²) in [7, 11) is -3.93. The summed E-state index contributed by atoms with van der Waals surface area (Å²) in [6, 6.07) is 17.0. The van der Waals surface area contributed by atoms with E-state index in [1.807, 2.05) is 17.0 Å². The second-order valence-corrected chi connectivity index (χ2v) is 11.4. The number of nitrogens with zero attached hydrogens (tertiary/aromatic N) is 3. The molecule has 4 rings (SSSR count). The zero-order valence-electron chi connectivity index (χ0n) is 20.7. The van der Waals surface area contributed by atoms with Gasteiger partial charge in [0.05, 0.1) is 5.69 Å². The third kappa shape index (κ3) is 7.23. The van der Waals surface area contributed by atoms with Crippen LogP contribution in [0.4, 0.5) is 5.69 Å². The van der Waals surface area contributed by atoms with Crippen LogP contribution in [-0.4, -0.2) is 55.3 Å². The fourth-order valence-electron chi connectivity index (χ4n) is 4.29. The SMILES string of the molecule is C=C/C=C(\c1ccccn1)S(=O)(=O)Nc1ccc(C(=O)N2CCCN(Cc3cc(Cl)cc(Cl)c3)CC2)cc1. The number of aromatic nitrogens is 1. The van der Waals surface area contributed by atoms with Gasteiger partial charge in [-0.3, -0.25) is 19.4 Å². The number of rotatable bonds is 8. The van der Waals surface area contributed by atoms with Crippen LogP contribution in [-0.2, 0) is 16.6 Å². The van der Waals surface area contributed by atoms with Gasteiger partial charge in [0.25, 0.3) is 15.9 Å². The number of pyridine rings is 1. The lowest BCUT2D eigenvalue weighted by atomic mass is 10.2. The summed E-state index contributed by atoms with van der Waals surface area (Å²) in [6.45, 7) is 7.11. The molecule has 0 aliphatic carbocycles. The number of allylic oxidation sites excluding steroid dienone is 2. The van der Waals surface area contributed by atoms with Crippen molar-refractivity contribution in [2.45, 2.75) is 13.0 Å². The second-order valence-electron chi connectivity index (χ2n) is 8.86. The van der Waals surface area contributed by atoms with E-state index in [0.717, 1.165) is 25.1 Å². The molecule has 2 heterocycles. The highest BCUT2D eigenvalue weighted by molar-refractivity contribution is 8.01. The van der Waals surface area contributed by atoms with Gasteiger partial charge in [-0.2, -0.15) is 0 Å². The Balaban J connectivity index is 1.39. The number of benzene rings is 2. The van der Waals surface area contributed by atoms with Crippen molar-refractivity contribution >= 4 is 49.7 Å². The quantitative estimate of drug-likeness (QED) is 0.351. The lowest BCUT2D eigenvalue weighted by Gasteiger charge is -2.22. The first-order valence-corrected chi connectivity index (χ1v) is 14.3. The highest BCUT2D eigenvalue weighted by Gasteiger charge is 2.22. The topological polar surface area (TPSA) is 82.6 Å². The smallest absolute Gasteiger partial charge is 0.264 e. The molecular formula is C28H28Cl2N4O3S. The molecule has 1 amide bonds. The van der Waals surface area contributed by atoms with Crippen molar-refractivity contribution in [1.29, 1.82) is 0 Å². The number of nitrogens with one attached hydrogen (secondary N) is 1. The molecule has 1 aromatic heterocycles. The van der Waals surface area contributed by atoms with Crippen molar-refractivity contribution < 1.29 is 13.2 Å². The van der Waals surface area contributed by atoms with Crippen molar-refractivity contribution in [2.24, 2.45) is 0 Å². The van der Waals surface area contributed by atoms with Crippen LogP contribution in [0.5, 0.6) is 0 Å². The number of hydrogen-bond donors (Lipinski definition) is 1. The van der Waals surface area contributed by atoms with Gasteiger partial charge in [-0.05, 0) is 72.7 Å². The summed E-state index contributed by atoms with van der Waals surface area (Å²) in [5.74, 6) is -0.0900. The van der Waals surface area contributed by atoms with E-state index in [-0.39, 0.29) is 10.8 Å². The molecule has 0 radical (unpaired) electrons. The average molecular weight is 572 g/mol. The lowest BCUT2D eigenvalue weighted by molar-refractivity contribution is 0.0761. The maximum Gasteiger partial charge on any atom is 0.264 e. The van der Waals surface area contributed by atoms with Crippen LogP contribution in [0.3, 0.4) is 0 Å². The molecule has 1 aliphatic heterocycles. The zero-order chi connectivity index (χ0) is 27.1. The monoisotopic (exact) mass is 570 g/mol. The Morgan fingerprint density at radius 2 is 1.74 bits per heavy atom. The molecule has 0 atom stereocenters. The molecule has 0 saturated carbocycles. The number of carbonyl (C=O) groups excluding carboxylic acids is 1. The molecule has 10 heteroatoms. The minimum Gasteiger partial charge on any atom is -0.337 e. The van der Waals surface area contributed by atoms with Gasteiger partial charge in [-0.25, -0.2) is 8.42 Å². The van der Waals surface area contributed by atoms with Crippen molar-refractivity contribution in [1.82, 2.24) is 14.8 Å². The standard InChI is InChI=1S/C28H28Cl2N4O3S/c1-2-6-27(26-7-3-4-12-31-26)38(36,37)32-25-10-8-22(9-11-25)28(35)34-14-5-13-33(15-16-34)20-21-17-23(29)19-24(30)18-21/h2-4,6-12,17-19,32H,1,5,13-16,20H2/b27-6+. The van der Waals surface area contributed by atoms with Gasteiger partial charge >= 0.3 is 0 Å². The first-order chi connectivity index (χ1) is 18.2. The van der Waals surface area contributed by atoms with Crippen LogP contribution in [0.15, 0.2) is 85.6 Å². The maximum atomic E-state index is 13.2. The van der Waals surface area contributed by atoms with Gasteiger partial charge in [0.1, 0.15) is 4.91 Å². The number of amides is 1. The number of halogens is 2. The number of hydrogen-bond acceptors (Lipinski definition) is 5. The van der Waals surface area contributed by atoms with E-state index in [1.54, 1.807) is 48.5 Å². The van der Waals surface area contributed by atoms with Crippen LogP contribution in [0.1, 0.15) is 28.0 Å². The van der Waals surface area contributed by atoms with Crippen molar-refractivity contribution in [3.05, 3.63) is 112 Å². The second kappa shape index (κ2) is 12.6. The lowest BCUT2D eigenvalue weighted by Crippen LogP contribution is -2.35. The van der Waals surface area contributed by atoms with Gasteiger partial charge in [0.15, 0.2) is 0 Å². The van der Waals surface area contributed by atoms with E-state index in [4.69, 9.17) is 23.2 Å². The van der Waals surface area contributed by atoms with Gasteiger partial charge in [-0.1, -0.05) is 41.9 Å². The molecule has 0 spiro atoms. The molecule has 1 saturated heterocycles. The fourth-order valence-corrected chi connectivity index (χ4v) is 6.09. The fraction of sp³-hybridized carbons (Fsp3) is 0.214. The largest absolute Gasteiger partial charge is 0.337 e. The minimum absolute atomic E-state index is 0.00224. The average Bonchev–Trinajstić information content (AvgIpc) is 3.12. The molecule has 1 N–H and O–H groups in total. The number of carbonyl (C=O) groups is 1. The summed E-state index contributed by atoms with van der Waals surface area (Å²) < 4.78 is 28.6. The van der Waals surface area contributed by atoms with E-state index in [0.29, 0.717) is 46.6 Å². The maximum absolute atomic E-state index is 13.2. The predicted molar refractivity (Wildman–Crippen MR) is 154 cm³/mol. The molecule has 0 unspecified atom stereocenters. The van der Waals surface area contributed by atoms with Crippen molar-refractivity contribution in [2.75, 3.05) is 30.9 Å². The van der Waals surface area contributed by atoms with Crippen LogP contribution < -0.4 is 4.72 Å². The summed E-state index contributed by atoms with van der Waals surface area (Å²) in [4.78, 5) is 21.4. The van der Waals surface area contributed by atoms with E-state index >= 15 is 0 Å². The Labute approximate surface area is 233 Å². The van der Waals surface area contributed by atoms with Gasteiger partial charge in [-0.15, -0.1) is 0 Å². The van der Waals surface area contributed by atoms with E-state index in [2.05, 4.69) is 21.2 Å². The molecule has 198 valence electrons. The van der Waals surface area contributed by atoms with Crippen LogP contribution in [0.2, 0.25) is 10.0 Å². The van der Waals surface area contributed by atoms with E-state index < -0.39 is 10.0 Å². The van der Waals surface area contributed by atoms with Gasteiger partial charge in [0.2, 0.25) is 0 Å².